The fourth-order valence-electron chi connectivity index (χ4n) is 3.41. The van der Waals surface area contributed by atoms with Crippen molar-refractivity contribution in [1.82, 2.24) is 0 Å². The molecule has 2 aliphatic carbocycles. The fourth-order valence-corrected chi connectivity index (χ4v) is 3.41. The average molecular weight is 316 g/mol. The van der Waals surface area contributed by atoms with E-state index in [1.54, 1.807) is 6.21 Å². The molecular formula is C15H16N4O4. The van der Waals surface area contributed by atoms with E-state index in [-0.39, 0.29) is 22.5 Å². The van der Waals surface area contributed by atoms with E-state index in [4.69, 9.17) is 0 Å². The van der Waals surface area contributed by atoms with Crippen molar-refractivity contribution < 1.29 is 9.85 Å². The Labute approximate surface area is 132 Å². The Hall–Kier alpha value is -2.77. The molecule has 3 atom stereocenters. The summed E-state index contributed by atoms with van der Waals surface area (Å²) >= 11 is 0. The highest BCUT2D eigenvalue weighted by Crippen LogP contribution is 2.50. The van der Waals surface area contributed by atoms with Crippen LogP contribution in [0.15, 0.2) is 35.5 Å². The van der Waals surface area contributed by atoms with Crippen molar-refractivity contribution in [3.05, 3.63) is 50.6 Å². The lowest BCUT2D eigenvalue weighted by Crippen LogP contribution is -2.23. The van der Waals surface area contributed by atoms with E-state index in [0.717, 1.165) is 18.9 Å². The van der Waals surface area contributed by atoms with Crippen LogP contribution in [0.1, 0.15) is 19.8 Å². The highest BCUT2D eigenvalue weighted by atomic mass is 16.6. The summed E-state index contributed by atoms with van der Waals surface area (Å²) in [5.74, 6) is 1.04. The number of anilines is 1. The van der Waals surface area contributed by atoms with Crippen LogP contribution in [0.25, 0.3) is 0 Å². The Morgan fingerprint density at radius 2 is 2.09 bits per heavy atom. The van der Waals surface area contributed by atoms with Gasteiger partial charge in [-0.1, -0.05) is 19.1 Å². The minimum absolute atomic E-state index is 0.0536. The van der Waals surface area contributed by atoms with Crippen LogP contribution in [0, 0.1) is 37.5 Å². The zero-order chi connectivity index (χ0) is 16.6. The lowest BCUT2D eigenvalue weighted by Gasteiger charge is -2.26. The first-order chi connectivity index (χ1) is 10.9. The van der Waals surface area contributed by atoms with Gasteiger partial charge in [-0.2, -0.15) is 5.10 Å². The Balaban J connectivity index is 1.78. The van der Waals surface area contributed by atoms with E-state index in [9.17, 15) is 20.2 Å². The highest BCUT2D eigenvalue weighted by molar-refractivity contribution is 5.71. The highest BCUT2D eigenvalue weighted by Gasteiger charge is 2.43. The van der Waals surface area contributed by atoms with Gasteiger partial charge in [0.1, 0.15) is 5.69 Å². The Morgan fingerprint density at radius 1 is 1.30 bits per heavy atom. The third-order valence-electron chi connectivity index (χ3n) is 4.65. The quantitative estimate of drug-likeness (QED) is 0.387. The lowest BCUT2D eigenvalue weighted by molar-refractivity contribution is -0.393. The van der Waals surface area contributed by atoms with Crippen molar-refractivity contribution in [3.8, 4) is 0 Å². The van der Waals surface area contributed by atoms with Crippen LogP contribution >= 0.6 is 0 Å². The van der Waals surface area contributed by atoms with Gasteiger partial charge in [0.05, 0.1) is 15.9 Å². The Bertz CT molecular complexity index is 730. The van der Waals surface area contributed by atoms with Crippen molar-refractivity contribution in [2.24, 2.45) is 22.4 Å². The number of non-ortho nitro benzene ring substituents is 1. The van der Waals surface area contributed by atoms with E-state index in [0.29, 0.717) is 11.8 Å². The van der Waals surface area contributed by atoms with Gasteiger partial charge in [0, 0.05) is 17.7 Å². The molecule has 2 aliphatic rings. The fraction of sp³-hybridized carbons (Fsp3) is 0.400. The number of hydrogen-bond acceptors (Lipinski definition) is 6. The van der Waals surface area contributed by atoms with E-state index < -0.39 is 9.85 Å². The lowest BCUT2D eigenvalue weighted by atomic mass is 9.79. The molecule has 1 saturated carbocycles. The van der Waals surface area contributed by atoms with Gasteiger partial charge >= 0.3 is 5.69 Å². The molecule has 0 unspecified atom stereocenters. The molecule has 0 aliphatic heterocycles. The van der Waals surface area contributed by atoms with Crippen LogP contribution in [0.4, 0.5) is 17.1 Å². The summed E-state index contributed by atoms with van der Waals surface area (Å²) in [7, 11) is 0. The minimum Gasteiger partial charge on any atom is -0.272 e. The second-order valence-corrected chi connectivity index (χ2v) is 6.28. The van der Waals surface area contributed by atoms with E-state index in [1.807, 2.05) is 0 Å². The van der Waals surface area contributed by atoms with Gasteiger partial charge < -0.3 is 0 Å². The third kappa shape index (κ3) is 2.79. The number of nitro benzene ring substituents is 2. The number of nitrogens with zero attached hydrogens (tertiary/aromatic N) is 3. The number of allylic oxidation sites excluding steroid dienone is 2. The predicted octanol–water partition coefficient (Wildman–Crippen LogP) is 3.50. The van der Waals surface area contributed by atoms with Gasteiger partial charge in [-0.3, -0.25) is 25.7 Å². The van der Waals surface area contributed by atoms with Crippen LogP contribution in [0.2, 0.25) is 0 Å². The zero-order valence-electron chi connectivity index (χ0n) is 12.5. The second-order valence-electron chi connectivity index (χ2n) is 6.28. The molecule has 0 heterocycles. The SMILES string of the molecule is C[C@]1(/C=N/Nc2ccc([N+](=O)[O-])cc2[N+](=O)[O-])C[C@H]2C=C[C@@H]1C2. The summed E-state index contributed by atoms with van der Waals surface area (Å²) in [6.45, 7) is 2.12. The molecule has 0 spiro atoms. The first-order valence-electron chi connectivity index (χ1n) is 7.30. The first-order valence-corrected chi connectivity index (χ1v) is 7.30. The van der Waals surface area contributed by atoms with Crippen LogP contribution in [-0.2, 0) is 0 Å². The smallest absolute Gasteiger partial charge is 0.272 e. The number of hydrazone groups is 1. The summed E-state index contributed by atoms with van der Waals surface area (Å²) in [5, 5.41) is 25.9. The van der Waals surface area contributed by atoms with Gasteiger partial charge in [0.25, 0.3) is 5.69 Å². The van der Waals surface area contributed by atoms with E-state index >= 15 is 0 Å². The summed E-state index contributed by atoms with van der Waals surface area (Å²) in [5.41, 5.74) is 2.05. The topological polar surface area (TPSA) is 111 Å². The van der Waals surface area contributed by atoms with Gasteiger partial charge in [-0.15, -0.1) is 0 Å². The maximum atomic E-state index is 11.1. The first kappa shape index (κ1) is 15.1. The molecule has 1 fully saturated rings. The van der Waals surface area contributed by atoms with Gasteiger partial charge in [0.15, 0.2) is 0 Å². The molecular weight excluding hydrogens is 300 g/mol. The summed E-state index contributed by atoms with van der Waals surface area (Å²) in [6.07, 6.45) is 8.37. The molecule has 1 aromatic rings. The summed E-state index contributed by atoms with van der Waals surface area (Å²) in [6, 6.07) is 3.45. The maximum Gasteiger partial charge on any atom is 0.301 e. The largest absolute Gasteiger partial charge is 0.301 e. The standard InChI is InChI=1S/C15H16N4O4/c1-15(8-10-2-3-11(15)6-10)9-16-17-13-5-4-12(18(20)21)7-14(13)19(22)23/h2-5,7,9-11,17H,6,8H2,1H3/b16-9+/t10-,11+,15+/m0/s1. The number of hydrogen-bond donors (Lipinski definition) is 1. The summed E-state index contributed by atoms with van der Waals surface area (Å²) in [4.78, 5) is 20.5. The number of nitrogens with one attached hydrogen (secondary N) is 1. The van der Waals surface area contributed by atoms with Crippen molar-refractivity contribution in [1.29, 1.82) is 0 Å². The van der Waals surface area contributed by atoms with Crippen molar-refractivity contribution in [3.63, 3.8) is 0 Å². The molecule has 0 aromatic heterocycles. The Kier molecular flexibility index (Phi) is 3.59. The number of fused-ring (bicyclic) bond motifs is 2. The van der Waals surface area contributed by atoms with Crippen LogP contribution in [0.3, 0.4) is 0 Å². The van der Waals surface area contributed by atoms with Gasteiger partial charge in [0.2, 0.25) is 0 Å². The monoisotopic (exact) mass is 316 g/mol. The predicted molar refractivity (Wildman–Crippen MR) is 85.3 cm³/mol. The average Bonchev–Trinajstić information content (AvgIpc) is 3.07. The molecule has 1 N–H and O–H groups in total. The molecule has 120 valence electrons. The number of nitro groups is 2. The van der Waals surface area contributed by atoms with Gasteiger partial charge in [-0.05, 0) is 30.7 Å². The zero-order valence-corrected chi connectivity index (χ0v) is 12.5. The molecule has 0 radical (unpaired) electrons. The normalized spacial score (nSPS) is 28.4. The molecule has 8 nitrogen and oxygen atoms in total. The molecule has 2 bridgehead atoms. The van der Waals surface area contributed by atoms with E-state index in [1.165, 1.54) is 12.1 Å². The van der Waals surface area contributed by atoms with Crippen LogP contribution in [0.5, 0.6) is 0 Å². The molecule has 23 heavy (non-hydrogen) atoms. The molecule has 3 rings (SSSR count). The van der Waals surface area contributed by atoms with Gasteiger partial charge in [-0.25, -0.2) is 0 Å². The van der Waals surface area contributed by atoms with Crippen LogP contribution in [-0.4, -0.2) is 16.1 Å². The second kappa shape index (κ2) is 5.45. The molecule has 1 aromatic carbocycles. The van der Waals surface area contributed by atoms with Crippen molar-refractivity contribution in [2.45, 2.75) is 19.8 Å². The van der Waals surface area contributed by atoms with Crippen LogP contribution < -0.4 is 5.43 Å². The van der Waals surface area contributed by atoms with E-state index in [2.05, 4.69) is 29.6 Å². The third-order valence-corrected chi connectivity index (χ3v) is 4.65. The Morgan fingerprint density at radius 3 is 2.65 bits per heavy atom. The summed E-state index contributed by atoms with van der Waals surface area (Å²) < 4.78 is 0. The minimum atomic E-state index is -0.664. The molecule has 0 saturated heterocycles. The van der Waals surface area contributed by atoms with Crippen molar-refractivity contribution >= 4 is 23.3 Å². The number of rotatable bonds is 5. The maximum absolute atomic E-state index is 11.1. The van der Waals surface area contributed by atoms with Crippen molar-refractivity contribution in [2.75, 3.05) is 5.43 Å². The molecule has 0 amide bonds. The molecule has 8 heteroatoms. The number of benzene rings is 1.